The van der Waals surface area contributed by atoms with Gasteiger partial charge in [-0.15, -0.1) is 0 Å². The first-order chi connectivity index (χ1) is 9.62. The molecule has 0 bridgehead atoms. The van der Waals surface area contributed by atoms with E-state index >= 15 is 0 Å². The molecule has 1 rings (SSSR count). The summed E-state index contributed by atoms with van der Waals surface area (Å²) < 4.78 is 4.86. The molecule has 0 radical (unpaired) electrons. The van der Waals surface area contributed by atoms with Crippen molar-refractivity contribution in [3.05, 3.63) is 29.3 Å². The number of nitrogens with one attached hydrogen (secondary N) is 1. The molecule has 20 heavy (non-hydrogen) atoms. The molecule has 6 nitrogen and oxygen atoms in total. The van der Waals surface area contributed by atoms with Crippen LogP contribution in [0.2, 0.25) is 0 Å². The summed E-state index contributed by atoms with van der Waals surface area (Å²) >= 11 is 0. The Bertz CT molecular complexity index is 496. The molecule has 1 aromatic carbocycles. The minimum Gasteiger partial charge on any atom is -0.383 e. The van der Waals surface area contributed by atoms with E-state index in [4.69, 9.17) is 15.7 Å². The van der Waals surface area contributed by atoms with E-state index in [0.29, 0.717) is 30.9 Å². The zero-order chi connectivity index (χ0) is 15.0. The van der Waals surface area contributed by atoms with Gasteiger partial charge in [-0.25, -0.2) is 0 Å². The third-order valence-corrected chi connectivity index (χ3v) is 2.84. The van der Waals surface area contributed by atoms with Crippen molar-refractivity contribution in [3.63, 3.8) is 0 Å². The van der Waals surface area contributed by atoms with Crippen molar-refractivity contribution in [3.8, 4) is 6.07 Å². The molecule has 0 unspecified atom stereocenters. The van der Waals surface area contributed by atoms with E-state index < -0.39 is 0 Å². The smallest absolute Gasteiger partial charge is 0.239 e. The monoisotopic (exact) mass is 276 g/mol. The zero-order valence-electron chi connectivity index (χ0n) is 11.8. The third kappa shape index (κ3) is 4.53. The van der Waals surface area contributed by atoms with E-state index in [-0.39, 0.29) is 12.5 Å². The topological polar surface area (TPSA) is 91.4 Å². The molecule has 0 saturated carbocycles. The largest absolute Gasteiger partial charge is 0.383 e. The van der Waals surface area contributed by atoms with Crippen molar-refractivity contribution in [2.75, 3.05) is 38.8 Å². The molecule has 0 aliphatic rings. The quantitative estimate of drug-likeness (QED) is 0.695. The first-order valence-electron chi connectivity index (χ1n) is 6.32. The van der Waals surface area contributed by atoms with E-state index in [2.05, 4.69) is 11.4 Å². The van der Waals surface area contributed by atoms with E-state index in [0.717, 1.165) is 5.56 Å². The number of rotatable bonds is 7. The second kappa shape index (κ2) is 8.15. The lowest BCUT2D eigenvalue weighted by Crippen LogP contribution is -2.36. The molecule has 0 saturated heterocycles. The van der Waals surface area contributed by atoms with Crippen LogP contribution in [0.15, 0.2) is 18.2 Å². The van der Waals surface area contributed by atoms with Crippen LogP contribution in [0, 0.1) is 11.3 Å². The summed E-state index contributed by atoms with van der Waals surface area (Å²) in [7, 11) is 3.35. The number of benzene rings is 1. The van der Waals surface area contributed by atoms with Gasteiger partial charge in [0.05, 0.1) is 24.4 Å². The van der Waals surface area contributed by atoms with Crippen molar-refractivity contribution in [2.45, 2.75) is 6.54 Å². The van der Waals surface area contributed by atoms with Crippen molar-refractivity contribution in [1.82, 2.24) is 5.32 Å². The highest BCUT2D eigenvalue weighted by Gasteiger charge is 2.11. The van der Waals surface area contributed by atoms with Crippen molar-refractivity contribution >= 4 is 11.6 Å². The van der Waals surface area contributed by atoms with Crippen LogP contribution in [0.5, 0.6) is 0 Å². The highest BCUT2D eigenvalue weighted by Crippen LogP contribution is 2.20. The standard InChI is InChI=1S/C14H20N4O2/c1-18(10-14(19)17-5-6-20-2)13-4-3-11(8-15)7-12(13)9-16/h3-4,7H,5-6,8,10,15H2,1-2H3,(H,17,19). The Morgan fingerprint density at radius 1 is 1.55 bits per heavy atom. The van der Waals surface area contributed by atoms with Crippen LogP contribution in [0.4, 0.5) is 5.69 Å². The highest BCUT2D eigenvalue weighted by molar-refractivity contribution is 5.81. The Hall–Kier alpha value is -2.10. The fourth-order valence-corrected chi connectivity index (χ4v) is 1.78. The fourth-order valence-electron chi connectivity index (χ4n) is 1.78. The van der Waals surface area contributed by atoms with Gasteiger partial charge in [-0.2, -0.15) is 5.26 Å². The average molecular weight is 276 g/mol. The van der Waals surface area contributed by atoms with Gasteiger partial charge in [0.1, 0.15) is 6.07 Å². The van der Waals surface area contributed by atoms with Gasteiger partial charge in [-0.05, 0) is 17.7 Å². The highest BCUT2D eigenvalue weighted by atomic mass is 16.5. The Morgan fingerprint density at radius 2 is 2.30 bits per heavy atom. The minimum absolute atomic E-state index is 0.114. The van der Waals surface area contributed by atoms with Gasteiger partial charge < -0.3 is 20.7 Å². The minimum atomic E-state index is -0.114. The number of carbonyl (C=O) groups excluding carboxylic acids is 1. The summed E-state index contributed by atoms with van der Waals surface area (Å²) in [4.78, 5) is 13.5. The van der Waals surface area contributed by atoms with Gasteiger partial charge in [0.15, 0.2) is 0 Å². The molecule has 0 spiro atoms. The lowest BCUT2D eigenvalue weighted by molar-refractivity contribution is -0.119. The van der Waals surface area contributed by atoms with Crippen molar-refractivity contribution < 1.29 is 9.53 Å². The SMILES string of the molecule is COCCNC(=O)CN(C)c1ccc(CN)cc1C#N. The summed E-state index contributed by atoms with van der Waals surface area (Å²) in [5.41, 5.74) is 7.67. The number of nitrogens with two attached hydrogens (primary N) is 1. The van der Waals surface area contributed by atoms with Crippen LogP contribution in [0.3, 0.4) is 0 Å². The Kier molecular flexibility index (Phi) is 6.50. The number of likely N-dealkylation sites (N-methyl/N-ethyl adjacent to an activating group) is 1. The number of methoxy groups -OCH3 is 1. The first-order valence-corrected chi connectivity index (χ1v) is 6.32. The van der Waals surface area contributed by atoms with Crippen LogP contribution in [0.1, 0.15) is 11.1 Å². The molecular weight excluding hydrogens is 256 g/mol. The molecule has 3 N–H and O–H groups in total. The lowest BCUT2D eigenvalue weighted by Gasteiger charge is -2.20. The Labute approximate surface area is 119 Å². The number of carbonyl (C=O) groups is 1. The summed E-state index contributed by atoms with van der Waals surface area (Å²) in [5.74, 6) is -0.114. The van der Waals surface area contributed by atoms with Crippen LogP contribution < -0.4 is 16.0 Å². The maximum absolute atomic E-state index is 11.7. The first kappa shape index (κ1) is 16.0. The Balaban J connectivity index is 2.70. The molecule has 0 fully saturated rings. The number of hydrogen-bond donors (Lipinski definition) is 2. The van der Waals surface area contributed by atoms with Gasteiger partial charge in [0.2, 0.25) is 5.91 Å². The van der Waals surface area contributed by atoms with E-state index in [1.165, 1.54) is 0 Å². The van der Waals surface area contributed by atoms with Gasteiger partial charge in [-0.3, -0.25) is 4.79 Å². The number of amides is 1. The van der Waals surface area contributed by atoms with Crippen molar-refractivity contribution in [2.24, 2.45) is 5.73 Å². The molecular formula is C14H20N4O2. The van der Waals surface area contributed by atoms with E-state index in [1.807, 2.05) is 12.1 Å². The molecule has 6 heteroatoms. The lowest BCUT2D eigenvalue weighted by atomic mass is 10.1. The number of nitrogens with zero attached hydrogens (tertiary/aromatic N) is 2. The fraction of sp³-hybridized carbons (Fsp3) is 0.429. The van der Waals surface area contributed by atoms with Gasteiger partial charge in [0.25, 0.3) is 0 Å². The van der Waals surface area contributed by atoms with E-state index in [9.17, 15) is 4.79 Å². The zero-order valence-corrected chi connectivity index (χ0v) is 11.8. The van der Waals surface area contributed by atoms with Crippen molar-refractivity contribution in [1.29, 1.82) is 5.26 Å². The summed E-state index contributed by atoms with van der Waals surface area (Å²) in [5, 5.41) is 11.9. The average Bonchev–Trinajstić information content (AvgIpc) is 2.46. The summed E-state index contributed by atoms with van der Waals surface area (Å²) in [6.07, 6.45) is 0. The molecule has 0 atom stereocenters. The molecule has 0 aliphatic carbocycles. The molecule has 0 aromatic heterocycles. The number of anilines is 1. The van der Waals surface area contributed by atoms with Crippen LogP contribution in [-0.2, 0) is 16.1 Å². The summed E-state index contributed by atoms with van der Waals surface area (Å²) in [6.45, 7) is 1.51. The second-order valence-corrected chi connectivity index (χ2v) is 4.37. The molecule has 0 heterocycles. The molecule has 1 aromatic rings. The number of ether oxygens (including phenoxy) is 1. The van der Waals surface area contributed by atoms with Crippen LogP contribution in [-0.4, -0.2) is 39.8 Å². The molecule has 108 valence electrons. The third-order valence-electron chi connectivity index (χ3n) is 2.84. The Morgan fingerprint density at radius 3 is 2.90 bits per heavy atom. The van der Waals surface area contributed by atoms with Crippen LogP contribution in [0.25, 0.3) is 0 Å². The predicted molar refractivity (Wildman–Crippen MR) is 77.2 cm³/mol. The summed E-state index contributed by atoms with van der Waals surface area (Å²) in [6, 6.07) is 7.54. The maximum atomic E-state index is 11.7. The van der Waals surface area contributed by atoms with Crippen LogP contribution >= 0.6 is 0 Å². The number of nitriles is 1. The molecule has 1 amide bonds. The van der Waals surface area contributed by atoms with Gasteiger partial charge in [0, 0.05) is 27.2 Å². The maximum Gasteiger partial charge on any atom is 0.239 e. The predicted octanol–water partition coefficient (Wildman–Crippen LogP) is 0.216. The normalized spacial score (nSPS) is 9.90. The van der Waals surface area contributed by atoms with Gasteiger partial charge in [-0.1, -0.05) is 6.07 Å². The number of hydrogen-bond acceptors (Lipinski definition) is 5. The molecule has 0 aliphatic heterocycles. The van der Waals surface area contributed by atoms with Gasteiger partial charge >= 0.3 is 0 Å². The second-order valence-electron chi connectivity index (χ2n) is 4.37. The van der Waals surface area contributed by atoms with E-state index in [1.54, 1.807) is 25.1 Å².